The number of anilines is 1. The van der Waals surface area contributed by atoms with Crippen LogP contribution >= 0.6 is 0 Å². The summed E-state index contributed by atoms with van der Waals surface area (Å²) in [6, 6.07) is 11.8. The molecule has 9 heteroatoms. The van der Waals surface area contributed by atoms with Crippen molar-refractivity contribution < 1.29 is 17.7 Å². The predicted octanol–water partition coefficient (Wildman–Crippen LogP) is 3.78. The molecular weight excluding hydrogens is 416 g/mol. The lowest BCUT2D eigenvalue weighted by Crippen LogP contribution is -2.35. The summed E-state index contributed by atoms with van der Waals surface area (Å²) in [4.78, 5) is 17.5. The van der Waals surface area contributed by atoms with Crippen molar-refractivity contribution in [2.75, 3.05) is 18.4 Å². The van der Waals surface area contributed by atoms with E-state index < -0.39 is 15.9 Å². The van der Waals surface area contributed by atoms with Crippen LogP contribution in [0.3, 0.4) is 0 Å². The molecular formula is C22H24N4O4S. The molecule has 1 aromatic heterocycles. The number of amides is 1. The molecule has 0 radical (unpaired) electrons. The van der Waals surface area contributed by atoms with Crippen molar-refractivity contribution in [1.29, 1.82) is 0 Å². The molecule has 1 N–H and O–H groups in total. The van der Waals surface area contributed by atoms with Crippen molar-refractivity contribution in [3.63, 3.8) is 0 Å². The first kappa shape index (κ1) is 21.2. The van der Waals surface area contributed by atoms with Crippen LogP contribution in [-0.2, 0) is 10.0 Å². The van der Waals surface area contributed by atoms with Crippen molar-refractivity contribution in [2.45, 2.75) is 38.0 Å². The van der Waals surface area contributed by atoms with Crippen LogP contribution in [0.25, 0.3) is 11.4 Å². The van der Waals surface area contributed by atoms with Crippen LogP contribution in [0.15, 0.2) is 51.9 Å². The molecule has 162 valence electrons. The van der Waals surface area contributed by atoms with E-state index in [4.69, 9.17) is 4.52 Å². The predicted molar refractivity (Wildman–Crippen MR) is 116 cm³/mol. The molecule has 1 fully saturated rings. The van der Waals surface area contributed by atoms with E-state index in [1.165, 1.54) is 10.4 Å². The van der Waals surface area contributed by atoms with Gasteiger partial charge in [-0.15, -0.1) is 0 Å². The summed E-state index contributed by atoms with van der Waals surface area (Å²) in [6.07, 6.45) is 2.74. The summed E-state index contributed by atoms with van der Waals surface area (Å²) < 4.78 is 32.6. The Bertz CT molecular complexity index is 1210. The summed E-state index contributed by atoms with van der Waals surface area (Å²) in [5.41, 5.74) is 2.11. The Morgan fingerprint density at radius 1 is 1.06 bits per heavy atom. The van der Waals surface area contributed by atoms with E-state index in [0.29, 0.717) is 47.2 Å². The number of hydrogen-bond donors (Lipinski definition) is 1. The first-order valence-corrected chi connectivity index (χ1v) is 11.6. The largest absolute Gasteiger partial charge is 0.339 e. The Morgan fingerprint density at radius 2 is 1.81 bits per heavy atom. The maximum absolute atomic E-state index is 13.1. The lowest BCUT2D eigenvalue weighted by atomic mass is 10.1. The maximum Gasteiger partial charge on any atom is 0.255 e. The van der Waals surface area contributed by atoms with Gasteiger partial charge in [0, 0.05) is 31.1 Å². The molecule has 1 aliphatic rings. The lowest BCUT2D eigenvalue weighted by Gasteiger charge is -2.26. The molecule has 0 saturated carbocycles. The standard InChI is InChI=1S/C22H24N4O4S/c1-15-10-11-17(31(28,29)26-12-6-3-7-13-26)14-19(15)22(27)24-20-9-5-4-8-18(20)21-23-16(2)30-25-21/h4-5,8-11,14H,3,6-7,12-13H2,1-2H3,(H,24,27). The number of piperidine rings is 1. The first-order valence-electron chi connectivity index (χ1n) is 10.2. The second-order valence-electron chi connectivity index (χ2n) is 7.58. The van der Waals surface area contributed by atoms with Crippen LogP contribution in [0.4, 0.5) is 5.69 Å². The van der Waals surface area contributed by atoms with Gasteiger partial charge in [0.15, 0.2) is 0 Å². The highest BCUT2D eigenvalue weighted by Gasteiger charge is 2.27. The second-order valence-corrected chi connectivity index (χ2v) is 9.52. The molecule has 0 bridgehead atoms. The highest BCUT2D eigenvalue weighted by Crippen LogP contribution is 2.27. The van der Waals surface area contributed by atoms with Gasteiger partial charge in [0.1, 0.15) is 0 Å². The molecule has 1 aliphatic heterocycles. The summed E-state index contributed by atoms with van der Waals surface area (Å²) in [7, 11) is -3.64. The Balaban J connectivity index is 1.64. The maximum atomic E-state index is 13.1. The molecule has 1 amide bonds. The molecule has 2 aromatic carbocycles. The molecule has 31 heavy (non-hydrogen) atoms. The van der Waals surface area contributed by atoms with E-state index in [0.717, 1.165) is 19.3 Å². The average molecular weight is 441 g/mol. The fraction of sp³-hybridized carbons (Fsp3) is 0.318. The van der Waals surface area contributed by atoms with Gasteiger partial charge in [0.2, 0.25) is 21.7 Å². The minimum absolute atomic E-state index is 0.132. The number of benzene rings is 2. The van der Waals surface area contributed by atoms with Crippen LogP contribution in [0, 0.1) is 13.8 Å². The number of aromatic nitrogens is 2. The fourth-order valence-electron chi connectivity index (χ4n) is 3.65. The van der Waals surface area contributed by atoms with Crippen LogP contribution in [-0.4, -0.2) is 41.9 Å². The summed E-state index contributed by atoms with van der Waals surface area (Å²) in [5.74, 6) is 0.384. The van der Waals surface area contributed by atoms with Gasteiger partial charge in [-0.2, -0.15) is 9.29 Å². The average Bonchev–Trinajstić information content (AvgIpc) is 3.21. The van der Waals surface area contributed by atoms with Crippen LogP contribution < -0.4 is 5.32 Å². The summed E-state index contributed by atoms with van der Waals surface area (Å²) in [5, 5.41) is 6.78. The smallest absolute Gasteiger partial charge is 0.255 e. The first-order chi connectivity index (χ1) is 14.9. The molecule has 1 saturated heterocycles. The number of para-hydroxylation sites is 1. The third-order valence-electron chi connectivity index (χ3n) is 5.35. The highest BCUT2D eigenvalue weighted by molar-refractivity contribution is 7.89. The zero-order chi connectivity index (χ0) is 22.0. The van der Waals surface area contributed by atoms with Crippen molar-refractivity contribution >= 4 is 21.6 Å². The fourth-order valence-corrected chi connectivity index (χ4v) is 5.19. The molecule has 2 heterocycles. The number of aryl methyl sites for hydroxylation is 2. The Hall–Kier alpha value is -3.04. The van der Waals surface area contributed by atoms with E-state index in [1.54, 1.807) is 44.2 Å². The summed E-state index contributed by atoms with van der Waals surface area (Å²) >= 11 is 0. The zero-order valence-corrected chi connectivity index (χ0v) is 18.3. The minimum atomic E-state index is -3.64. The normalized spacial score (nSPS) is 15.0. The Morgan fingerprint density at radius 3 is 2.52 bits per heavy atom. The lowest BCUT2D eigenvalue weighted by molar-refractivity contribution is 0.102. The molecule has 0 unspecified atom stereocenters. The van der Waals surface area contributed by atoms with E-state index in [1.807, 2.05) is 6.07 Å². The van der Waals surface area contributed by atoms with Crippen LogP contribution in [0.1, 0.15) is 41.1 Å². The topological polar surface area (TPSA) is 105 Å². The van der Waals surface area contributed by atoms with E-state index in [2.05, 4.69) is 15.5 Å². The number of sulfonamides is 1. The van der Waals surface area contributed by atoms with Crippen LogP contribution in [0.2, 0.25) is 0 Å². The van der Waals surface area contributed by atoms with Gasteiger partial charge in [-0.3, -0.25) is 4.79 Å². The van der Waals surface area contributed by atoms with Gasteiger partial charge in [-0.05, 0) is 49.6 Å². The van der Waals surface area contributed by atoms with Crippen molar-refractivity contribution in [2.24, 2.45) is 0 Å². The summed E-state index contributed by atoms with van der Waals surface area (Å²) in [6.45, 7) is 4.49. The Labute approximate surface area is 181 Å². The number of carbonyl (C=O) groups excluding carboxylic acids is 1. The third-order valence-corrected chi connectivity index (χ3v) is 7.24. The van der Waals surface area contributed by atoms with Gasteiger partial charge in [-0.1, -0.05) is 29.8 Å². The molecule has 8 nitrogen and oxygen atoms in total. The van der Waals surface area contributed by atoms with Gasteiger partial charge in [0.05, 0.1) is 10.6 Å². The zero-order valence-electron chi connectivity index (χ0n) is 17.5. The van der Waals surface area contributed by atoms with Crippen molar-refractivity contribution in [3.05, 3.63) is 59.5 Å². The van der Waals surface area contributed by atoms with Crippen molar-refractivity contribution in [1.82, 2.24) is 14.4 Å². The second kappa shape index (κ2) is 8.60. The van der Waals surface area contributed by atoms with E-state index >= 15 is 0 Å². The molecule has 0 aliphatic carbocycles. The molecule has 4 rings (SSSR count). The molecule has 0 spiro atoms. The van der Waals surface area contributed by atoms with Crippen molar-refractivity contribution in [3.8, 4) is 11.4 Å². The van der Waals surface area contributed by atoms with Gasteiger partial charge in [-0.25, -0.2) is 8.42 Å². The molecule has 3 aromatic rings. The quantitative estimate of drug-likeness (QED) is 0.647. The number of nitrogens with zero attached hydrogens (tertiary/aromatic N) is 3. The Kier molecular flexibility index (Phi) is 5.88. The number of carbonyl (C=O) groups is 1. The molecule has 0 atom stereocenters. The number of nitrogens with one attached hydrogen (secondary N) is 1. The van der Waals surface area contributed by atoms with E-state index in [-0.39, 0.29) is 4.90 Å². The van der Waals surface area contributed by atoms with Gasteiger partial charge in [0.25, 0.3) is 5.91 Å². The van der Waals surface area contributed by atoms with Gasteiger partial charge >= 0.3 is 0 Å². The minimum Gasteiger partial charge on any atom is -0.339 e. The highest BCUT2D eigenvalue weighted by atomic mass is 32.2. The van der Waals surface area contributed by atoms with E-state index in [9.17, 15) is 13.2 Å². The number of rotatable bonds is 5. The SMILES string of the molecule is Cc1nc(-c2ccccc2NC(=O)c2cc(S(=O)(=O)N3CCCCC3)ccc2C)no1. The number of hydrogen-bond acceptors (Lipinski definition) is 6. The third kappa shape index (κ3) is 4.38. The van der Waals surface area contributed by atoms with Gasteiger partial charge < -0.3 is 9.84 Å². The van der Waals surface area contributed by atoms with Crippen LogP contribution in [0.5, 0.6) is 0 Å². The monoisotopic (exact) mass is 440 g/mol.